The summed E-state index contributed by atoms with van der Waals surface area (Å²) in [4.78, 5) is 22.6. The van der Waals surface area contributed by atoms with Crippen LogP contribution in [0.3, 0.4) is 0 Å². The number of carbonyl (C=O) groups is 2. The summed E-state index contributed by atoms with van der Waals surface area (Å²) in [5.41, 5.74) is 2.32. The topological polar surface area (TPSA) is 75.6 Å². The van der Waals surface area contributed by atoms with E-state index in [0.717, 1.165) is 12.0 Å². The lowest BCUT2D eigenvalue weighted by atomic mass is 10.1. The SMILES string of the molecule is CCc1ccc(CCC(=O)NC(COC)C(=O)O)cc1. The third-order valence-corrected chi connectivity index (χ3v) is 3.04. The fraction of sp³-hybridized carbons (Fsp3) is 0.467. The number of aliphatic carboxylic acids is 1. The van der Waals surface area contributed by atoms with Gasteiger partial charge < -0.3 is 15.2 Å². The van der Waals surface area contributed by atoms with Crippen LogP contribution in [0.2, 0.25) is 0 Å². The van der Waals surface area contributed by atoms with Crippen LogP contribution in [0.5, 0.6) is 0 Å². The van der Waals surface area contributed by atoms with Crippen molar-refractivity contribution in [2.24, 2.45) is 0 Å². The first kappa shape index (κ1) is 16.2. The van der Waals surface area contributed by atoms with Gasteiger partial charge in [0.05, 0.1) is 6.61 Å². The van der Waals surface area contributed by atoms with Gasteiger partial charge in [-0.05, 0) is 24.0 Å². The Hall–Kier alpha value is -1.88. The molecule has 0 aromatic heterocycles. The average molecular weight is 279 g/mol. The lowest BCUT2D eigenvalue weighted by Gasteiger charge is -2.13. The molecule has 0 aliphatic rings. The van der Waals surface area contributed by atoms with E-state index >= 15 is 0 Å². The molecule has 1 amide bonds. The molecule has 1 atom stereocenters. The second kappa shape index (κ2) is 8.32. The van der Waals surface area contributed by atoms with Crippen LogP contribution in [0.4, 0.5) is 0 Å². The molecule has 1 aromatic rings. The minimum absolute atomic E-state index is 0.0354. The number of benzene rings is 1. The maximum absolute atomic E-state index is 11.7. The molecule has 1 aromatic carbocycles. The summed E-state index contributed by atoms with van der Waals surface area (Å²) in [7, 11) is 1.40. The van der Waals surface area contributed by atoms with E-state index in [4.69, 9.17) is 9.84 Å². The van der Waals surface area contributed by atoms with Crippen molar-refractivity contribution in [2.75, 3.05) is 13.7 Å². The largest absolute Gasteiger partial charge is 0.480 e. The van der Waals surface area contributed by atoms with Crippen LogP contribution in [0.1, 0.15) is 24.5 Å². The van der Waals surface area contributed by atoms with Crippen LogP contribution in [-0.4, -0.2) is 36.7 Å². The van der Waals surface area contributed by atoms with E-state index in [2.05, 4.69) is 12.2 Å². The molecule has 1 rings (SSSR count). The molecule has 0 aliphatic heterocycles. The second-order valence-electron chi connectivity index (χ2n) is 4.58. The molecule has 2 N–H and O–H groups in total. The monoisotopic (exact) mass is 279 g/mol. The smallest absolute Gasteiger partial charge is 0.328 e. The van der Waals surface area contributed by atoms with Gasteiger partial charge in [0, 0.05) is 13.5 Å². The molecule has 20 heavy (non-hydrogen) atoms. The molecule has 0 aliphatic carbocycles. The second-order valence-corrected chi connectivity index (χ2v) is 4.58. The first-order valence-corrected chi connectivity index (χ1v) is 6.65. The molecule has 0 radical (unpaired) electrons. The summed E-state index contributed by atoms with van der Waals surface area (Å²) in [6, 6.07) is 7.08. The number of hydrogen-bond acceptors (Lipinski definition) is 3. The van der Waals surface area contributed by atoms with E-state index in [9.17, 15) is 9.59 Å². The summed E-state index contributed by atoms with van der Waals surface area (Å²) >= 11 is 0. The Morgan fingerprint density at radius 2 is 1.85 bits per heavy atom. The average Bonchev–Trinajstić information content (AvgIpc) is 2.45. The fourth-order valence-electron chi connectivity index (χ4n) is 1.81. The molecule has 110 valence electrons. The van der Waals surface area contributed by atoms with Crippen LogP contribution in [0.25, 0.3) is 0 Å². The van der Waals surface area contributed by atoms with Gasteiger partial charge in [-0.15, -0.1) is 0 Å². The van der Waals surface area contributed by atoms with Crippen molar-refractivity contribution >= 4 is 11.9 Å². The highest BCUT2D eigenvalue weighted by molar-refractivity contribution is 5.83. The summed E-state index contributed by atoms with van der Waals surface area (Å²) in [6.07, 6.45) is 1.84. The summed E-state index contributed by atoms with van der Waals surface area (Å²) in [5.74, 6) is -1.37. The highest BCUT2D eigenvalue weighted by atomic mass is 16.5. The van der Waals surface area contributed by atoms with E-state index in [1.54, 1.807) is 0 Å². The number of carboxylic acids is 1. The highest BCUT2D eigenvalue weighted by Gasteiger charge is 2.19. The molecule has 0 saturated heterocycles. The Balaban J connectivity index is 2.43. The van der Waals surface area contributed by atoms with Gasteiger partial charge in [-0.3, -0.25) is 4.79 Å². The van der Waals surface area contributed by atoms with Gasteiger partial charge >= 0.3 is 5.97 Å². The van der Waals surface area contributed by atoms with Crippen molar-refractivity contribution in [2.45, 2.75) is 32.2 Å². The number of ether oxygens (including phenoxy) is 1. The van der Waals surface area contributed by atoms with Crippen LogP contribution >= 0.6 is 0 Å². The predicted octanol–water partition coefficient (Wildman–Crippen LogP) is 1.40. The highest BCUT2D eigenvalue weighted by Crippen LogP contribution is 2.07. The van der Waals surface area contributed by atoms with E-state index in [0.29, 0.717) is 6.42 Å². The fourth-order valence-corrected chi connectivity index (χ4v) is 1.81. The number of methoxy groups -OCH3 is 1. The molecule has 0 fully saturated rings. The summed E-state index contributed by atoms with van der Waals surface area (Å²) < 4.78 is 4.76. The zero-order valence-corrected chi connectivity index (χ0v) is 11.9. The number of aryl methyl sites for hydroxylation is 2. The summed E-state index contributed by atoms with van der Waals surface area (Å²) in [6.45, 7) is 2.05. The minimum Gasteiger partial charge on any atom is -0.480 e. The Morgan fingerprint density at radius 3 is 2.35 bits per heavy atom. The Bertz CT molecular complexity index is 442. The molecular formula is C15H21NO4. The van der Waals surface area contributed by atoms with Crippen LogP contribution in [-0.2, 0) is 27.2 Å². The van der Waals surface area contributed by atoms with Crippen molar-refractivity contribution in [1.29, 1.82) is 0 Å². The van der Waals surface area contributed by atoms with Crippen molar-refractivity contribution in [3.63, 3.8) is 0 Å². The van der Waals surface area contributed by atoms with Crippen LogP contribution < -0.4 is 5.32 Å². The van der Waals surface area contributed by atoms with Crippen molar-refractivity contribution in [3.05, 3.63) is 35.4 Å². The van der Waals surface area contributed by atoms with Gasteiger partial charge in [-0.2, -0.15) is 0 Å². The Labute approximate surface area is 118 Å². The molecule has 0 bridgehead atoms. The lowest BCUT2D eigenvalue weighted by Crippen LogP contribution is -2.43. The van der Waals surface area contributed by atoms with E-state index in [1.807, 2.05) is 24.3 Å². The standard InChI is InChI=1S/C15H21NO4/c1-3-11-4-6-12(7-5-11)8-9-14(17)16-13(10-20-2)15(18)19/h4-7,13H,3,8-10H2,1-2H3,(H,16,17)(H,18,19). The van der Waals surface area contributed by atoms with Gasteiger partial charge in [0.25, 0.3) is 0 Å². The Kier molecular flexibility index (Phi) is 6.73. The molecule has 0 spiro atoms. The van der Waals surface area contributed by atoms with E-state index < -0.39 is 12.0 Å². The zero-order chi connectivity index (χ0) is 15.0. The third-order valence-electron chi connectivity index (χ3n) is 3.04. The van der Waals surface area contributed by atoms with Gasteiger partial charge in [-0.25, -0.2) is 4.79 Å². The van der Waals surface area contributed by atoms with Gasteiger partial charge in [0.2, 0.25) is 5.91 Å². The molecule has 0 heterocycles. The van der Waals surface area contributed by atoms with Crippen molar-refractivity contribution in [3.8, 4) is 0 Å². The Morgan fingerprint density at radius 1 is 1.25 bits per heavy atom. The summed E-state index contributed by atoms with van der Waals surface area (Å²) in [5, 5.41) is 11.3. The molecular weight excluding hydrogens is 258 g/mol. The van der Waals surface area contributed by atoms with Gasteiger partial charge in [0.15, 0.2) is 6.04 Å². The lowest BCUT2D eigenvalue weighted by molar-refractivity contribution is -0.143. The molecule has 5 nitrogen and oxygen atoms in total. The maximum Gasteiger partial charge on any atom is 0.328 e. The normalized spacial score (nSPS) is 11.9. The zero-order valence-electron chi connectivity index (χ0n) is 11.9. The van der Waals surface area contributed by atoms with E-state index in [-0.39, 0.29) is 18.9 Å². The number of hydrogen-bond donors (Lipinski definition) is 2. The number of carboxylic acid groups (broad SMARTS) is 1. The third kappa shape index (κ3) is 5.40. The van der Waals surface area contributed by atoms with Crippen molar-refractivity contribution in [1.82, 2.24) is 5.32 Å². The number of nitrogens with one attached hydrogen (secondary N) is 1. The van der Waals surface area contributed by atoms with Gasteiger partial charge in [0.1, 0.15) is 0 Å². The number of carbonyl (C=O) groups excluding carboxylic acids is 1. The predicted molar refractivity (Wildman–Crippen MR) is 75.6 cm³/mol. The van der Waals surface area contributed by atoms with Gasteiger partial charge in [-0.1, -0.05) is 31.2 Å². The minimum atomic E-state index is -1.09. The number of rotatable bonds is 8. The van der Waals surface area contributed by atoms with Crippen LogP contribution in [0, 0.1) is 0 Å². The van der Waals surface area contributed by atoms with Crippen molar-refractivity contribution < 1.29 is 19.4 Å². The quantitative estimate of drug-likeness (QED) is 0.754. The molecule has 0 saturated carbocycles. The van der Waals surface area contributed by atoms with E-state index in [1.165, 1.54) is 12.7 Å². The first-order chi connectivity index (χ1) is 9.56. The number of amides is 1. The molecule has 5 heteroatoms. The molecule has 1 unspecified atom stereocenters. The first-order valence-electron chi connectivity index (χ1n) is 6.65. The maximum atomic E-state index is 11.7. The van der Waals surface area contributed by atoms with Crippen LogP contribution in [0.15, 0.2) is 24.3 Å².